The van der Waals surface area contributed by atoms with E-state index in [0.717, 1.165) is 22.6 Å². The van der Waals surface area contributed by atoms with Crippen LogP contribution >= 0.6 is 11.8 Å². The first-order valence-corrected chi connectivity index (χ1v) is 10.3. The molecule has 0 radical (unpaired) electrons. The molecule has 0 bridgehead atoms. The molecule has 0 saturated carbocycles. The molecule has 0 unspecified atom stereocenters. The summed E-state index contributed by atoms with van der Waals surface area (Å²) in [6.45, 7) is 3.03. The fourth-order valence-corrected chi connectivity index (χ4v) is 4.16. The highest BCUT2D eigenvalue weighted by Crippen LogP contribution is 2.38. The third kappa shape index (κ3) is 5.42. The van der Waals surface area contributed by atoms with E-state index in [1.165, 1.54) is 0 Å². The van der Waals surface area contributed by atoms with Gasteiger partial charge in [0.05, 0.1) is 6.61 Å². The molecule has 3 rings (SSSR count). The van der Waals surface area contributed by atoms with E-state index in [-0.39, 0.29) is 17.9 Å². The monoisotopic (exact) mass is 400 g/mol. The van der Waals surface area contributed by atoms with E-state index in [1.54, 1.807) is 23.6 Å². The third-order valence-electron chi connectivity index (χ3n) is 4.23. The Labute approximate surface area is 169 Å². The minimum absolute atomic E-state index is 0.109. The summed E-state index contributed by atoms with van der Waals surface area (Å²) in [5, 5.41) is 2.53. The SMILES string of the molecule is CCOC(=O)CNC(=O)N1CCS[C@@H]1c1cccc(OCc2ccccc2)c1. The number of urea groups is 1. The molecule has 7 heteroatoms. The number of hydrogen-bond acceptors (Lipinski definition) is 5. The number of thioether (sulfide) groups is 1. The van der Waals surface area contributed by atoms with Crippen molar-refractivity contribution in [3.63, 3.8) is 0 Å². The van der Waals surface area contributed by atoms with Gasteiger partial charge in [-0.05, 0) is 30.2 Å². The van der Waals surface area contributed by atoms with Gasteiger partial charge in [-0.2, -0.15) is 0 Å². The van der Waals surface area contributed by atoms with Crippen LogP contribution in [0.4, 0.5) is 4.79 Å². The number of amides is 2. The Balaban J connectivity index is 1.61. The zero-order chi connectivity index (χ0) is 19.8. The molecule has 0 aliphatic carbocycles. The quantitative estimate of drug-likeness (QED) is 0.720. The second-order valence-corrected chi connectivity index (χ2v) is 7.42. The zero-order valence-corrected chi connectivity index (χ0v) is 16.6. The highest BCUT2D eigenvalue weighted by Gasteiger charge is 2.31. The van der Waals surface area contributed by atoms with Crippen molar-refractivity contribution in [3.8, 4) is 5.75 Å². The third-order valence-corrected chi connectivity index (χ3v) is 5.49. The molecule has 1 saturated heterocycles. The largest absolute Gasteiger partial charge is 0.489 e. The maximum atomic E-state index is 12.5. The first-order valence-electron chi connectivity index (χ1n) is 9.25. The van der Waals surface area contributed by atoms with Crippen molar-refractivity contribution >= 4 is 23.8 Å². The molecule has 148 valence electrons. The number of esters is 1. The van der Waals surface area contributed by atoms with Gasteiger partial charge >= 0.3 is 12.0 Å². The van der Waals surface area contributed by atoms with Gasteiger partial charge in [-0.3, -0.25) is 4.79 Å². The van der Waals surface area contributed by atoms with Crippen LogP contribution in [-0.4, -0.2) is 42.3 Å². The van der Waals surface area contributed by atoms with Gasteiger partial charge in [-0.15, -0.1) is 11.8 Å². The van der Waals surface area contributed by atoms with Crippen LogP contribution in [0.3, 0.4) is 0 Å². The molecule has 2 amide bonds. The van der Waals surface area contributed by atoms with Crippen molar-refractivity contribution in [2.45, 2.75) is 18.9 Å². The Bertz CT molecular complexity index is 800. The van der Waals surface area contributed by atoms with Gasteiger partial charge in [0.2, 0.25) is 0 Å². The first-order chi connectivity index (χ1) is 13.7. The molecule has 0 spiro atoms. The van der Waals surface area contributed by atoms with E-state index in [2.05, 4.69) is 5.32 Å². The maximum absolute atomic E-state index is 12.5. The Morgan fingerprint density at radius 3 is 2.79 bits per heavy atom. The van der Waals surface area contributed by atoms with Crippen molar-refractivity contribution in [2.75, 3.05) is 25.4 Å². The molecule has 28 heavy (non-hydrogen) atoms. The first kappa shape index (κ1) is 20.1. The van der Waals surface area contributed by atoms with Gasteiger partial charge in [0.25, 0.3) is 0 Å². The minimum atomic E-state index is -0.435. The van der Waals surface area contributed by atoms with Crippen molar-refractivity contribution in [1.29, 1.82) is 0 Å². The maximum Gasteiger partial charge on any atom is 0.325 e. The van der Waals surface area contributed by atoms with Crippen LogP contribution in [-0.2, 0) is 16.1 Å². The predicted octanol–water partition coefficient (Wildman–Crippen LogP) is 3.59. The van der Waals surface area contributed by atoms with E-state index in [0.29, 0.717) is 19.8 Å². The summed E-state index contributed by atoms with van der Waals surface area (Å²) in [6.07, 6.45) is 0. The summed E-state index contributed by atoms with van der Waals surface area (Å²) in [5.74, 6) is 1.17. The molecular formula is C21H24N2O4S. The smallest absolute Gasteiger partial charge is 0.325 e. The number of ether oxygens (including phenoxy) is 2. The molecule has 1 aliphatic rings. The van der Waals surface area contributed by atoms with Crippen LogP contribution < -0.4 is 10.1 Å². The lowest BCUT2D eigenvalue weighted by molar-refractivity contribution is -0.141. The van der Waals surface area contributed by atoms with Crippen molar-refractivity contribution < 1.29 is 19.1 Å². The lowest BCUT2D eigenvalue weighted by Crippen LogP contribution is -2.41. The summed E-state index contributed by atoms with van der Waals surface area (Å²) in [5.41, 5.74) is 2.10. The molecule has 6 nitrogen and oxygen atoms in total. The normalized spacial score (nSPS) is 15.9. The Kier molecular flexibility index (Phi) is 7.19. The number of benzene rings is 2. The van der Waals surface area contributed by atoms with Crippen LogP contribution in [0.15, 0.2) is 54.6 Å². The van der Waals surface area contributed by atoms with Crippen molar-refractivity contribution in [1.82, 2.24) is 10.2 Å². The van der Waals surface area contributed by atoms with Crippen molar-refractivity contribution in [3.05, 3.63) is 65.7 Å². The second kappa shape index (κ2) is 10.0. The Morgan fingerprint density at radius 1 is 1.18 bits per heavy atom. The molecule has 2 aromatic carbocycles. The number of carbonyl (C=O) groups excluding carboxylic acids is 2. The Hall–Kier alpha value is -2.67. The van der Waals surface area contributed by atoms with Crippen LogP contribution in [0.2, 0.25) is 0 Å². The predicted molar refractivity (Wildman–Crippen MR) is 109 cm³/mol. The zero-order valence-electron chi connectivity index (χ0n) is 15.8. The van der Waals surface area contributed by atoms with Gasteiger partial charge in [-0.25, -0.2) is 4.79 Å². The fourth-order valence-electron chi connectivity index (χ4n) is 2.91. The number of nitrogens with zero attached hydrogens (tertiary/aromatic N) is 1. The topological polar surface area (TPSA) is 67.9 Å². The van der Waals surface area contributed by atoms with E-state index >= 15 is 0 Å². The molecule has 1 N–H and O–H groups in total. The average molecular weight is 401 g/mol. The molecule has 1 aliphatic heterocycles. The summed E-state index contributed by atoms with van der Waals surface area (Å²) in [7, 11) is 0. The molecular weight excluding hydrogens is 376 g/mol. The van der Waals surface area contributed by atoms with Crippen LogP contribution in [0.25, 0.3) is 0 Å². The van der Waals surface area contributed by atoms with Crippen molar-refractivity contribution in [2.24, 2.45) is 0 Å². The highest BCUT2D eigenvalue weighted by atomic mass is 32.2. The number of carbonyl (C=O) groups is 2. The van der Waals surface area contributed by atoms with Crippen LogP contribution in [0.1, 0.15) is 23.4 Å². The lowest BCUT2D eigenvalue weighted by atomic mass is 10.2. The van der Waals surface area contributed by atoms with E-state index in [1.807, 2.05) is 54.6 Å². The van der Waals surface area contributed by atoms with Gasteiger partial charge in [0.1, 0.15) is 24.3 Å². The van der Waals surface area contributed by atoms with Gasteiger partial charge in [0.15, 0.2) is 0 Å². The summed E-state index contributed by atoms with van der Waals surface area (Å²) < 4.78 is 10.8. The number of hydrogen-bond donors (Lipinski definition) is 1. The van der Waals surface area contributed by atoms with E-state index < -0.39 is 5.97 Å². The Morgan fingerprint density at radius 2 is 2.00 bits per heavy atom. The molecule has 2 aromatic rings. The second-order valence-electron chi connectivity index (χ2n) is 6.23. The minimum Gasteiger partial charge on any atom is -0.489 e. The number of rotatable bonds is 7. The summed E-state index contributed by atoms with van der Waals surface area (Å²) in [4.78, 5) is 25.7. The molecule has 1 atom stereocenters. The average Bonchev–Trinajstić information content (AvgIpc) is 3.22. The van der Waals surface area contributed by atoms with Gasteiger partial charge in [0, 0.05) is 12.3 Å². The number of nitrogens with one attached hydrogen (secondary N) is 1. The van der Waals surface area contributed by atoms with Crippen LogP contribution in [0.5, 0.6) is 5.75 Å². The molecule has 0 aromatic heterocycles. The fraction of sp³-hybridized carbons (Fsp3) is 0.333. The van der Waals surface area contributed by atoms with E-state index in [9.17, 15) is 9.59 Å². The molecule has 1 fully saturated rings. The summed E-state index contributed by atoms with van der Waals surface area (Å²) >= 11 is 1.69. The highest BCUT2D eigenvalue weighted by molar-refractivity contribution is 7.99. The van der Waals surface area contributed by atoms with Gasteiger partial charge < -0.3 is 19.7 Å². The molecule has 1 heterocycles. The van der Waals surface area contributed by atoms with E-state index in [4.69, 9.17) is 9.47 Å². The van der Waals surface area contributed by atoms with Crippen LogP contribution in [0, 0.1) is 0 Å². The lowest BCUT2D eigenvalue weighted by Gasteiger charge is -2.24. The van der Waals surface area contributed by atoms with Gasteiger partial charge in [-0.1, -0.05) is 42.5 Å². The summed E-state index contributed by atoms with van der Waals surface area (Å²) in [6, 6.07) is 17.5. The standard InChI is InChI=1S/C21H24N2O4S/c1-2-26-19(24)14-22-21(25)23-11-12-28-20(23)17-9-6-10-18(13-17)27-15-16-7-4-3-5-8-16/h3-10,13,20H,2,11-12,14-15H2,1H3,(H,22,25)/t20-/m1/s1.